The largest absolute Gasteiger partial charge is 0.453 e. The summed E-state index contributed by atoms with van der Waals surface area (Å²) in [4.78, 5) is 15.2. The van der Waals surface area contributed by atoms with Crippen molar-refractivity contribution in [3.05, 3.63) is 78.3 Å². The molecule has 0 fully saturated rings. The summed E-state index contributed by atoms with van der Waals surface area (Å²) >= 11 is 0. The molecule has 4 rings (SSSR count). The molecule has 0 N–H and O–H groups in total. The number of nitrogens with zero attached hydrogens (tertiary/aromatic N) is 2. The van der Waals surface area contributed by atoms with Crippen molar-refractivity contribution in [2.75, 3.05) is 0 Å². The van der Waals surface area contributed by atoms with Crippen molar-refractivity contribution in [1.82, 2.24) is 9.55 Å². The molecule has 0 saturated carbocycles. The quantitative estimate of drug-likeness (QED) is 0.514. The molecule has 0 aliphatic carbocycles. The van der Waals surface area contributed by atoms with E-state index in [-0.39, 0.29) is 0 Å². The number of rotatable bonds is 5. The summed E-state index contributed by atoms with van der Waals surface area (Å²) in [6, 6.07) is 19.9. The number of aryl methyl sites for hydroxylation is 2. The normalized spacial score (nSPS) is 11.0. The molecule has 2 heterocycles. The first-order valence-electron chi connectivity index (χ1n) is 7.88. The minimum Gasteiger partial charge on any atom is -0.453 e. The highest BCUT2D eigenvalue weighted by Crippen LogP contribution is 2.25. The molecule has 4 heteroatoms. The zero-order valence-corrected chi connectivity index (χ0v) is 13.1. The number of carbonyl (C=O) groups is 1. The molecule has 0 aliphatic rings. The average Bonchev–Trinajstić information content (AvgIpc) is 3.27. The van der Waals surface area contributed by atoms with Gasteiger partial charge in [-0.1, -0.05) is 30.3 Å². The number of aromatic nitrogens is 2. The van der Waals surface area contributed by atoms with E-state index in [9.17, 15) is 4.79 Å². The Morgan fingerprint density at radius 2 is 1.92 bits per heavy atom. The van der Waals surface area contributed by atoms with E-state index in [1.807, 2.05) is 30.6 Å². The van der Waals surface area contributed by atoms with Crippen molar-refractivity contribution in [2.45, 2.75) is 13.0 Å². The fraction of sp³-hybridized carbons (Fsp3) is 0.100. The van der Waals surface area contributed by atoms with Crippen LogP contribution in [0.2, 0.25) is 0 Å². The third-order valence-electron chi connectivity index (χ3n) is 4.13. The molecule has 0 aliphatic heterocycles. The third kappa shape index (κ3) is 2.74. The molecule has 0 bridgehead atoms. The summed E-state index contributed by atoms with van der Waals surface area (Å²) in [6.07, 6.45) is 3.55. The number of hydrogen-bond donors (Lipinski definition) is 0. The van der Waals surface area contributed by atoms with Crippen LogP contribution in [-0.2, 0) is 13.0 Å². The standard InChI is InChI=1S/C20H16N2O2/c23-13-17-7-9-20(24-17)16-6-8-19-18(12-16)21-14-22(19)11-10-15-4-2-1-3-5-15/h1-9,12-14H,10-11H2. The van der Waals surface area contributed by atoms with E-state index in [1.165, 1.54) is 5.56 Å². The molecule has 118 valence electrons. The topological polar surface area (TPSA) is 48.0 Å². The first-order valence-corrected chi connectivity index (χ1v) is 7.88. The molecular formula is C20H16N2O2. The monoisotopic (exact) mass is 316 g/mol. The van der Waals surface area contributed by atoms with E-state index < -0.39 is 0 Å². The fourth-order valence-electron chi connectivity index (χ4n) is 2.86. The van der Waals surface area contributed by atoms with Gasteiger partial charge < -0.3 is 8.98 Å². The molecule has 0 amide bonds. The summed E-state index contributed by atoms with van der Waals surface area (Å²) in [6.45, 7) is 0.885. The van der Waals surface area contributed by atoms with Crippen molar-refractivity contribution in [2.24, 2.45) is 0 Å². The summed E-state index contributed by atoms with van der Waals surface area (Å²) in [7, 11) is 0. The second-order valence-electron chi connectivity index (χ2n) is 5.70. The summed E-state index contributed by atoms with van der Waals surface area (Å²) in [5.41, 5.74) is 4.25. The van der Waals surface area contributed by atoms with Gasteiger partial charge in [0.05, 0.1) is 17.4 Å². The second kappa shape index (κ2) is 6.16. The van der Waals surface area contributed by atoms with E-state index in [2.05, 4.69) is 33.8 Å². The molecule has 0 radical (unpaired) electrons. The van der Waals surface area contributed by atoms with Crippen LogP contribution in [0, 0.1) is 0 Å². The molecule has 0 spiro atoms. The minimum absolute atomic E-state index is 0.332. The predicted molar refractivity (Wildman–Crippen MR) is 93.0 cm³/mol. The maximum atomic E-state index is 10.7. The smallest absolute Gasteiger partial charge is 0.185 e. The lowest BCUT2D eigenvalue weighted by atomic mass is 10.1. The zero-order valence-electron chi connectivity index (χ0n) is 13.1. The van der Waals surface area contributed by atoms with Crippen LogP contribution in [0.25, 0.3) is 22.4 Å². The van der Waals surface area contributed by atoms with Gasteiger partial charge in [0, 0.05) is 12.1 Å². The van der Waals surface area contributed by atoms with Crippen LogP contribution < -0.4 is 0 Å². The van der Waals surface area contributed by atoms with Gasteiger partial charge in [-0.05, 0) is 42.3 Å². The van der Waals surface area contributed by atoms with Crippen molar-refractivity contribution < 1.29 is 9.21 Å². The van der Waals surface area contributed by atoms with Crippen LogP contribution in [0.4, 0.5) is 0 Å². The fourth-order valence-corrected chi connectivity index (χ4v) is 2.86. The van der Waals surface area contributed by atoms with E-state index in [0.717, 1.165) is 29.6 Å². The molecule has 4 nitrogen and oxygen atoms in total. The maximum Gasteiger partial charge on any atom is 0.185 e. The van der Waals surface area contributed by atoms with Gasteiger partial charge in [0.2, 0.25) is 0 Å². The van der Waals surface area contributed by atoms with Gasteiger partial charge in [0.1, 0.15) is 5.76 Å². The highest BCUT2D eigenvalue weighted by atomic mass is 16.3. The maximum absolute atomic E-state index is 10.7. The lowest BCUT2D eigenvalue weighted by Crippen LogP contribution is -1.99. The molecule has 0 unspecified atom stereocenters. The van der Waals surface area contributed by atoms with Crippen LogP contribution in [0.5, 0.6) is 0 Å². The van der Waals surface area contributed by atoms with Gasteiger partial charge in [-0.2, -0.15) is 0 Å². The van der Waals surface area contributed by atoms with E-state index in [4.69, 9.17) is 4.42 Å². The zero-order chi connectivity index (χ0) is 16.4. The predicted octanol–water partition coefficient (Wildman–Crippen LogP) is 4.35. The molecule has 24 heavy (non-hydrogen) atoms. The van der Waals surface area contributed by atoms with Crippen LogP contribution in [-0.4, -0.2) is 15.8 Å². The Morgan fingerprint density at radius 3 is 2.71 bits per heavy atom. The number of carbonyl (C=O) groups excluding carboxylic acids is 1. The van der Waals surface area contributed by atoms with Gasteiger partial charge in [-0.25, -0.2) is 4.98 Å². The lowest BCUT2D eigenvalue weighted by Gasteiger charge is -2.05. The molecular weight excluding hydrogens is 300 g/mol. The highest BCUT2D eigenvalue weighted by Gasteiger charge is 2.08. The number of hydrogen-bond acceptors (Lipinski definition) is 3. The van der Waals surface area contributed by atoms with Crippen molar-refractivity contribution in [3.63, 3.8) is 0 Å². The Kier molecular flexibility index (Phi) is 3.71. The minimum atomic E-state index is 0.332. The molecule has 2 aromatic carbocycles. The third-order valence-corrected chi connectivity index (χ3v) is 4.13. The Morgan fingerprint density at radius 1 is 1.04 bits per heavy atom. The Hall–Kier alpha value is -3.14. The molecule has 4 aromatic rings. The second-order valence-corrected chi connectivity index (χ2v) is 5.70. The number of furan rings is 1. The van der Waals surface area contributed by atoms with Crippen molar-refractivity contribution in [1.29, 1.82) is 0 Å². The van der Waals surface area contributed by atoms with Crippen molar-refractivity contribution in [3.8, 4) is 11.3 Å². The lowest BCUT2D eigenvalue weighted by molar-refractivity contribution is 0.110. The van der Waals surface area contributed by atoms with Crippen molar-refractivity contribution >= 4 is 17.3 Å². The van der Waals surface area contributed by atoms with E-state index in [0.29, 0.717) is 17.8 Å². The van der Waals surface area contributed by atoms with Gasteiger partial charge in [-0.15, -0.1) is 0 Å². The van der Waals surface area contributed by atoms with Gasteiger partial charge >= 0.3 is 0 Å². The first kappa shape index (κ1) is 14.5. The van der Waals surface area contributed by atoms with Crippen LogP contribution in [0.15, 0.2) is 71.4 Å². The van der Waals surface area contributed by atoms with E-state index in [1.54, 1.807) is 12.1 Å². The number of aldehydes is 1. The Bertz CT molecular complexity index is 983. The number of imidazole rings is 1. The van der Waals surface area contributed by atoms with Crippen LogP contribution in [0.1, 0.15) is 16.1 Å². The van der Waals surface area contributed by atoms with E-state index >= 15 is 0 Å². The van der Waals surface area contributed by atoms with Crippen LogP contribution >= 0.6 is 0 Å². The summed E-state index contributed by atoms with van der Waals surface area (Å²) in [5, 5.41) is 0. The summed E-state index contributed by atoms with van der Waals surface area (Å²) in [5.74, 6) is 1.01. The Balaban J connectivity index is 1.59. The molecule has 0 atom stereocenters. The van der Waals surface area contributed by atoms with Gasteiger partial charge in [0.25, 0.3) is 0 Å². The first-order chi connectivity index (χ1) is 11.8. The summed E-state index contributed by atoms with van der Waals surface area (Å²) < 4.78 is 7.64. The van der Waals surface area contributed by atoms with Gasteiger partial charge in [-0.3, -0.25) is 4.79 Å². The SMILES string of the molecule is O=Cc1ccc(-c2ccc3c(c2)ncn3CCc2ccccc2)o1. The Labute approximate surface area is 139 Å². The molecule has 0 saturated heterocycles. The highest BCUT2D eigenvalue weighted by molar-refractivity contribution is 5.81. The average molecular weight is 316 g/mol. The van der Waals surface area contributed by atoms with Gasteiger partial charge in [0.15, 0.2) is 12.0 Å². The number of fused-ring (bicyclic) bond motifs is 1. The molecule has 2 aromatic heterocycles. The van der Waals surface area contributed by atoms with Crippen LogP contribution in [0.3, 0.4) is 0 Å². The number of benzene rings is 2.